The molecule has 0 spiro atoms. The standard InChI is InChI=1S/C25H41N2/c1-3-5-7-9-10-11-12-17-21-26-22-23-27(24-18-14-13-15-19-24)25(26)20-16-8-6-4-2/h13-15,18-19,22-23H,3-12,16-17,20-21H2,1-2H3/q+1. The number of unbranched alkanes of at least 4 members (excludes halogenated alkanes) is 10. The van der Waals surface area contributed by atoms with Gasteiger partial charge in [-0.1, -0.05) is 89.8 Å². The fraction of sp³-hybridized carbons (Fsp3) is 0.640. The van der Waals surface area contributed by atoms with Gasteiger partial charge in [0.2, 0.25) is 0 Å². The van der Waals surface area contributed by atoms with Crippen molar-refractivity contribution in [1.82, 2.24) is 4.57 Å². The van der Waals surface area contributed by atoms with E-state index in [1.807, 2.05) is 0 Å². The number of rotatable bonds is 15. The van der Waals surface area contributed by atoms with E-state index >= 15 is 0 Å². The quantitative estimate of drug-likeness (QED) is 0.235. The van der Waals surface area contributed by atoms with Crippen molar-refractivity contribution in [3.63, 3.8) is 0 Å². The van der Waals surface area contributed by atoms with Crippen molar-refractivity contribution in [2.45, 2.75) is 104 Å². The highest BCUT2D eigenvalue weighted by Gasteiger charge is 2.18. The Hall–Kier alpha value is -1.57. The molecule has 0 saturated heterocycles. The number of para-hydroxylation sites is 1. The van der Waals surface area contributed by atoms with Crippen molar-refractivity contribution in [3.05, 3.63) is 48.5 Å². The largest absolute Gasteiger partial charge is 0.261 e. The molecular formula is C25H41N2+. The van der Waals surface area contributed by atoms with Crippen LogP contribution in [0.3, 0.4) is 0 Å². The number of nitrogens with zero attached hydrogens (tertiary/aromatic N) is 2. The topological polar surface area (TPSA) is 8.81 Å². The first-order valence-electron chi connectivity index (χ1n) is 11.5. The second-order valence-corrected chi connectivity index (χ2v) is 7.90. The lowest BCUT2D eigenvalue weighted by Gasteiger charge is -2.06. The Bertz CT molecular complexity index is 600. The Kier molecular flexibility index (Phi) is 10.9. The van der Waals surface area contributed by atoms with Gasteiger partial charge in [0.1, 0.15) is 18.1 Å². The van der Waals surface area contributed by atoms with Crippen LogP contribution in [0.1, 0.15) is 96.7 Å². The third-order valence-electron chi connectivity index (χ3n) is 5.55. The van der Waals surface area contributed by atoms with Crippen LogP contribution in [-0.4, -0.2) is 4.57 Å². The Labute approximate surface area is 167 Å². The maximum atomic E-state index is 2.51. The average Bonchev–Trinajstić information content (AvgIpc) is 3.11. The number of hydrogen-bond donors (Lipinski definition) is 0. The van der Waals surface area contributed by atoms with E-state index in [1.54, 1.807) is 0 Å². The fourth-order valence-corrected chi connectivity index (χ4v) is 3.87. The van der Waals surface area contributed by atoms with Gasteiger partial charge in [0.15, 0.2) is 0 Å². The van der Waals surface area contributed by atoms with Crippen molar-refractivity contribution in [2.75, 3.05) is 0 Å². The number of imidazole rings is 1. The number of hydrogen-bond acceptors (Lipinski definition) is 0. The van der Waals surface area contributed by atoms with Crippen LogP contribution >= 0.6 is 0 Å². The van der Waals surface area contributed by atoms with Crippen LogP contribution < -0.4 is 4.57 Å². The summed E-state index contributed by atoms with van der Waals surface area (Å²) in [5.41, 5.74) is 1.29. The highest BCUT2D eigenvalue weighted by atomic mass is 15.1. The lowest BCUT2D eigenvalue weighted by atomic mass is 10.1. The number of aryl methyl sites for hydroxylation is 1. The van der Waals surface area contributed by atoms with Gasteiger partial charge in [0.05, 0.1) is 6.54 Å². The molecule has 0 aliphatic heterocycles. The van der Waals surface area contributed by atoms with Gasteiger partial charge in [-0.05, 0) is 31.4 Å². The normalized spacial score (nSPS) is 11.2. The van der Waals surface area contributed by atoms with E-state index in [2.05, 4.69) is 65.7 Å². The van der Waals surface area contributed by atoms with E-state index in [0.717, 1.165) is 6.54 Å². The Morgan fingerprint density at radius 1 is 0.704 bits per heavy atom. The molecule has 2 aromatic rings. The third-order valence-corrected chi connectivity index (χ3v) is 5.55. The lowest BCUT2D eigenvalue weighted by molar-refractivity contribution is -0.704. The minimum absolute atomic E-state index is 1.16. The molecule has 2 nitrogen and oxygen atoms in total. The van der Waals surface area contributed by atoms with Gasteiger partial charge in [-0.25, -0.2) is 4.57 Å². The SMILES string of the molecule is CCCCCCCCCC[n+]1ccn(-c2ccccc2)c1CCCCCC. The molecule has 0 fully saturated rings. The van der Waals surface area contributed by atoms with Gasteiger partial charge in [-0.2, -0.15) is 4.57 Å². The molecule has 2 heteroatoms. The first kappa shape index (κ1) is 21.7. The molecule has 1 heterocycles. The molecule has 0 saturated carbocycles. The molecule has 1 aromatic heterocycles. The van der Waals surface area contributed by atoms with Gasteiger partial charge >= 0.3 is 0 Å². The van der Waals surface area contributed by atoms with Gasteiger partial charge in [0.25, 0.3) is 5.82 Å². The zero-order valence-corrected chi connectivity index (χ0v) is 17.8. The first-order chi connectivity index (χ1) is 13.4. The van der Waals surface area contributed by atoms with Crippen molar-refractivity contribution in [3.8, 4) is 5.69 Å². The summed E-state index contributed by atoms with van der Waals surface area (Å²) >= 11 is 0. The fourth-order valence-electron chi connectivity index (χ4n) is 3.87. The van der Waals surface area contributed by atoms with E-state index < -0.39 is 0 Å². The van der Waals surface area contributed by atoms with Gasteiger partial charge in [-0.15, -0.1) is 0 Å². The molecule has 2 rings (SSSR count). The van der Waals surface area contributed by atoms with Crippen molar-refractivity contribution in [2.24, 2.45) is 0 Å². The van der Waals surface area contributed by atoms with Gasteiger partial charge < -0.3 is 0 Å². The smallest absolute Gasteiger partial charge is 0.234 e. The minimum atomic E-state index is 1.16. The van der Waals surface area contributed by atoms with E-state index in [4.69, 9.17) is 0 Å². The highest BCUT2D eigenvalue weighted by molar-refractivity contribution is 5.31. The molecule has 0 N–H and O–H groups in total. The molecule has 150 valence electrons. The molecule has 0 bridgehead atoms. The average molecular weight is 370 g/mol. The maximum absolute atomic E-state index is 2.51. The van der Waals surface area contributed by atoms with E-state index in [9.17, 15) is 0 Å². The molecule has 0 aliphatic carbocycles. The zero-order valence-electron chi connectivity index (χ0n) is 17.8. The maximum Gasteiger partial charge on any atom is 0.261 e. The summed E-state index contributed by atoms with van der Waals surface area (Å²) in [6, 6.07) is 10.8. The molecule has 0 unspecified atom stereocenters. The first-order valence-corrected chi connectivity index (χ1v) is 11.5. The van der Waals surface area contributed by atoms with Crippen molar-refractivity contribution in [1.29, 1.82) is 0 Å². The summed E-state index contributed by atoms with van der Waals surface area (Å²) in [5.74, 6) is 1.47. The zero-order chi connectivity index (χ0) is 19.2. The second kappa shape index (κ2) is 13.6. The van der Waals surface area contributed by atoms with Gasteiger partial charge in [-0.3, -0.25) is 0 Å². The molecule has 0 aliphatic rings. The molecule has 27 heavy (non-hydrogen) atoms. The van der Waals surface area contributed by atoms with Gasteiger partial charge in [0, 0.05) is 6.42 Å². The summed E-state index contributed by atoms with van der Waals surface area (Å²) in [5, 5.41) is 0. The van der Waals surface area contributed by atoms with E-state index in [0.29, 0.717) is 0 Å². The predicted molar refractivity (Wildman–Crippen MR) is 116 cm³/mol. The van der Waals surface area contributed by atoms with E-state index in [-0.39, 0.29) is 0 Å². The monoisotopic (exact) mass is 369 g/mol. The highest BCUT2D eigenvalue weighted by Crippen LogP contribution is 2.13. The lowest BCUT2D eigenvalue weighted by Crippen LogP contribution is -2.37. The van der Waals surface area contributed by atoms with Crippen LogP contribution in [0, 0.1) is 0 Å². The summed E-state index contributed by atoms with van der Waals surface area (Å²) in [7, 11) is 0. The minimum Gasteiger partial charge on any atom is -0.234 e. The molecular weight excluding hydrogens is 328 g/mol. The summed E-state index contributed by atoms with van der Waals surface area (Å²) in [6.07, 6.45) is 22.1. The molecule has 0 amide bonds. The molecule has 0 atom stereocenters. The van der Waals surface area contributed by atoms with E-state index in [1.165, 1.54) is 95.0 Å². The van der Waals surface area contributed by atoms with Crippen molar-refractivity contribution < 1.29 is 4.57 Å². The Morgan fingerprint density at radius 2 is 1.30 bits per heavy atom. The molecule has 0 radical (unpaired) electrons. The van der Waals surface area contributed by atoms with Crippen LogP contribution in [0.25, 0.3) is 5.69 Å². The van der Waals surface area contributed by atoms with Crippen LogP contribution in [0.2, 0.25) is 0 Å². The van der Waals surface area contributed by atoms with Crippen molar-refractivity contribution >= 4 is 0 Å². The predicted octanol–water partition coefficient (Wildman–Crippen LogP) is 7.03. The Morgan fingerprint density at radius 3 is 1.96 bits per heavy atom. The molecule has 1 aromatic carbocycles. The second-order valence-electron chi connectivity index (χ2n) is 7.90. The van der Waals surface area contributed by atoms with Crippen LogP contribution in [0.4, 0.5) is 0 Å². The summed E-state index contributed by atoms with van der Waals surface area (Å²) in [6.45, 7) is 5.74. The number of benzene rings is 1. The number of aromatic nitrogens is 2. The summed E-state index contributed by atoms with van der Waals surface area (Å²) in [4.78, 5) is 0. The van der Waals surface area contributed by atoms with Crippen LogP contribution in [0.5, 0.6) is 0 Å². The Balaban J connectivity index is 1.87. The summed E-state index contributed by atoms with van der Waals surface area (Å²) < 4.78 is 4.91. The van der Waals surface area contributed by atoms with Crippen LogP contribution in [-0.2, 0) is 13.0 Å². The van der Waals surface area contributed by atoms with Crippen LogP contribution in [0.15, 0.2) is 42.7 Å². The third kappa shape index (κ3) is 7.91.